The summed E-state index contributed by atoms with van der Waals surface area (Å²) in [5.41, 5.74) is 0. The number of hydrogen-bond donors (Lipinski definition) is 1. The Labute approximate surface area is 85.1 Å². The van der Waals surface area contributed by atoms with Gasteiger partial charge in [0.25, 0.3) is 0 Å². The molecule has 0 atom stereocenters. The summed E-state index contributed by atoms with van der Waals surface area (Å²) in [6.45, 7) is 3.28. The summed E-state index contributed by atoms with van der Waals surface area (Å²) < 4.78 is 0. The molecule has 0 radical (unpaired) electrons. The van der Waals surface area contributed by atoms with E-state index in [2.05, 4.69) is 30.7 Å². The topological polar surface area (TPSA) is 40.5 Å². The van der Waals surface area contributed by atoms with Gasteiger partial charge in [-0.25, -0.2) is 4.79 Å². The largest absolute Gasteiger partial charge is 0.472 e. The van der Waals surface area contributed by atoms with Crippen LogP contribution in [-0.2, 0) is 4.79 Å². The Hall–Kier alpha value is -1.01. The fraction of sp³-hybridized carbons (Fsp3) is 0.727. The van der Waals surface area contributed by atoms with Gasteiger partial charge in [0.1, 0.15) is 0 Å². The molecule has 1 saturated carbocycles. The van der Waals surface area contributed by atoms with Crippen molar-refractivity contribution in [3.05, 3.63) is 0 Å². The number of nitrogens with zero attached hydrogens (tertiary/aromatic N) is 1. The minimum absolute atomic E-state index is 0.301. The molecule has 1 N–H and O–H groups in total. The fourth-order valence-corrected chi connectivity index (χ4v) is 1.76. The minimum atomic E-state index is -1.02. The highest BCUT2D eigenvalue weighted by atomic mass is 16.4. The number of hydrogen-bond acceptors (Lipinski definition) is 2. The molecule has 0 aliphatic heterocycles. The molecule has 1 fully saturated rings. The molecule has 0 spiro atoms. The Balaban J connectivity index is 2.24. The van der Waals surface area contributed by atoms with Gasteiger partial charge in [0.2, 0.25) is 0 Å². The molecule has 0 bridgehead atoms. The summed E-state index contributed by atoms with van der Waals surface area (Å²) in [5, 5.41) is 8.36. The maximum atomic E-state index is 10.2. The summed E-state index contributed by atoms with van der Waals surface area (Å²) in [6, 6.07) is 0.614. The number of carboxylic acids is 1. The van der Waals surface area contributed by atoms with Crippen molar-refractivity contribution in [2.45, 2.75) is 32.2 Å². The molecular formula is C11H17NO2. The molecule has 78 valence electrons. The van der Waals surface area contributed by atoms with Gasteiger partial charge in [-0.2, -0.15) is 0 Å². The van der Waals surface area contributed by atoms with E-state index in [0.717, 1.165) is 19.4 Å². The molecule has 0 saturated heterocycles. The lowest BCUT2D eigenvalue weighted by atomic mass is 9.80. The van der Waals surface area contributed by atoms with E-state index in [4.69, 9.17) is 5.11 Å². The number of carbonyl (C=O) groups is 1. The van der Waals surface area contributed by atoms with Gasteiger partial charge in [-0.15, -0.1) is 0 Å². The molecule has 0 aromatic carbocycles. The molecule has 14 heavy (non-hydrogen) atoms. The van der Waals surface area contributed by atoms with E-state index in [1.165, 1.54) is 6.42 Å². The molecule has 0 aromatic rings. The summed E-state index contributed by atoms with van der Waals surface area (Å²) in [4.78, 5) is 12.5. The molecule has 0 amide bonds. The zero-order valence-electron chi connectivity index (χ0n) is 8.79. The van der Waals surface area contributed by atoms with E-state index in [1.807, 2.05) is 0 Å². The van der Waals surface area contributed by atoms with E-state index < -0.39 is 5.97 Å². The van der Waals surface area contributed by atoms with Gasteiger partial charge in [-0.3, -0.25) is 0 Å². The third-order valence-corrected chi connectivity index (χ3v) is 2.70. The lowest BCUT2D eigenvalue weighted by Gasteiger charge is -2.38. The first kappa shape index (κ1) is 11.1. The maximum Gasteiger partial charge on any atom is 0.381 e. The highest BCUT2D eigenvalue weighted by molar-refractivity contribution is 5.86. The first-order valence-electron chi connectivity index (χ1n) is 5.08. The van der Waals surface area contributed by atoms with Gasteiger partial charge in [0, 0.05) is 17.9 Å². The monoisotopic (exact) mass is 195 g/mol. The van der Waals surface area contributed by atoms with Crippen LogP contribution in [0.4, 0.5) is 0 Å². The van der Waals surface area contributed by atoms with Gasteiger partial charge in [0.15, 0.2) is 0 Å². The van der Waals surface area contributed by atoms with Crippen molar-refractivity contribution in [2.24, 2.45) is 5.92 Å². The second-order valence-corrected chi connectivity index (χ2v) is 3.88. The van der Waals surface area contributed by atoms with Crippen molar-refractivity contribution in [1.29, 1.82) is 0 Å². The predicted octanol–water partition coefficient (Wildman–Crippen LogP) is 1.19. The lowest BCUT2D eigenvalue weighted by Crippen LogP contribution is -2.42. The average molecular weight is 195 g/mol. The Bertz CT molecular complexity index is 258. The number of rotatable bonds is 3. The van der Waals surface area contributed by atoms with E-state index in [-0.39, 0.29) is 0 Å². The SMILES string of the molecule is CCCN(C)C1CC(C#CC(=O)O)C1. The van der Waals surface area contributed by atoms with Crippen molar-refractivity contribution < 1.29 is 9.90 Å². The van der Waals surface area contributed by atoms with Gasteiger partial charge in [-0.1, -0.05) is 12.8 Å². The molecule has 1 aliphatic carbocycles. The van der Waals surface area contributed by atoms with Crippen LogP contribution in [0, 0.1) is 17.8 Å². The molecule has 0 unspecified atom stereocenters. The normalized spacial score (nSPS) is 25.1. The Morgan fingerprint density at radius 1 is 1.57 bits per heavy atom. The van der Waals surface area contributed by atoms with E-state index in [1.54, 1.807) is 0 Å². The quantitative estimate of drug-likeness (QED) is 0.688. The molecule has 0 aromatic heterocycles. The minimum Gasteiger partial charge on any atom is -0.472 e. The smallest absolute Gasteiger partial charge is 0.381 e. The first-order chi connectivity index (χ1) is 6.63. The summed E-state index contributed by atoms with van der Waals surface area (Å²) >= 11 is 0. The van der Waals surface area contributed by atoms with E-state index >= 15 is 0 Å². The molecule has 1 rings (SSSR count). The van der Waals surface area contributed by atoms with Gasteiger partial charge >= 0.3 is 5.97 Å². The molecule has 3 nitrogen and oxygen atoms in total. The van der Waals surface area contributed by atoms with Crippen molar-refractivity contribution in [3.8, 4) is 11.8 Å². The second kappa shape index (κ2) is 5.02. The van der Waals surface area contributed by atoms with Gasteiger partial charge in [-0.05, 0) is 32.9 Å². The summed E-state index contributed by atoms with van der Waals surface area (Å²) in [7, 11) is 2.12. The highest BCUT2D eigenvalue weighted by Crippen LogP contribution is 2.30. The lowest BCUT2D eigenvalue weighted by molar-refractivity contribution is -0.130. The van der Waals surface area contributed by atoms with Crippen LogP contribution in [0.3, 0.4) is 0 Å². The van der Waals surface area contributed by atoms with Crippen LogP contribution in [0.5, 0.6) is 0 Å². The maximum absolute atomic E-state index is 10.2. The van der Waals surface area contributed by atoms with E-state index in [0.29, 0.717) is 12.0 Å². The number of aliphatic carboxylic acids is 1. The molecule has 3 heteroatoms. The van der Waals surface area contributed by atoms with Gasteiger partial charge < -0.3 is 10.0 Å². The highest BCUT2D eigenvalue weighted by Gasteiger charge is 2.30. The van der Waals surface area contributed by atoms with Crippen molar-refractivity contribution in [3.63, 3.8) is 0 Å². The van der Waals surface area contributed by atoms with Crippen LogP contribution < -0.4 is 0 Å². The first-order valence-corrected chi connectivity index (χ1v) is 5.08. The second-order valence-electron chi connectivity index (χ2n) is 3.88. The standard InChI is InChI=1S/C11H17NO2/c1-3-6-12(2)10-7-9(8-10)4-5-11(13)14/h9-10H,3,6-8H2,1-2H3,(H,13,14). The Kier molecular flexibility index (Phi) is 3.97. The van der Waals surface area contributed by atoms with Crippen LogP contribution in [0.1, 0.15) is 26.2 Å². The van der Waals surface area contributed by atoms with Crippen LogP contribution in [0.25, 0.3) is 0 Å². The van der Waals surface area contributed by atoms with Crippen molar-refractivity contribution in [2.75, 3.05) is 13.6 Å². The van der Waals surface area contributed by atoms with E-state index in [9.17, 15) is 4.79 Å². The fourth-order valence-electron chi connectivity index (χ4n) is 1.76. The van der Waals surface area contributed by atoms with Crippen molar-refractivity contribution >= 4 is 5.97 Å². The third kappa shape index (κ3) is 3.04. The molecule has 0 heterocycles. The van der Waals surface area contributed by atoms with Crippen LogP contribution >= 0.6 is 0 Å². The average Bonchev–Trinajstić information content (AvgIpc) is 2.01. The Morgan fingerprint density at radius 2 is 2.21 bits per heavy atom. The Morgan fingerprint density at radius 3 is 2.71 bits per heavy atom. The summed E-state index contributed by atoms with van der Waals surface area (Å²) in [5.74, 6) is 4.24. The predicted molar refractivity (Wildman–Crippen MR) is 54.8 cm³/mol. The van der Waals surface area contributed by atoms with Crippen LogP contribution in [-0.4, -0.2) is 35.6 Å². The molecule has 1 aliphatic rings. The summed E-state index contributed by atoms with van der Waals surface area (Å²) in [6.07, 6.45) is 3.21. The van der Waals surface area contributed by atoms with Crippen LogP contribution in [0.2, 0.25) is 0 Å². The zero-order chi connectivity index (χ0) is 10.6. The molecular weight excluding hydrogens is 178 g/mol. The van der Waals surface area contributed by atoms with Crippen molar-refractivity contribution in [1.82, 2.24) is 4.90 Å². The van der Waals surface area contributed by atoms with Gasteiger partial charge in [0.05, 0.1) is 0 Å². The third-order valence-electron chi connectivity index (χ3n) is 2.70. The van der Waals surface area contributed by atoms with Crippen LogP contribution in [0.15, 0.2) is 0 Å². The zero-order valence-corrected chi connectivity index (χ0v) is 8.79. The number of carboxylic acid groups (broad SMARTS) is 1.